The number of rotatable bonds is 7. The Hall–Kier alpha value is -3.49. The molecule has 3 aromatic carbocycles. The Morgan fingerprint density at radius 2 is 1.75 bits per heavy atom. The lowest BCUT2D eigenvalue weighted by Crippen LogP contribution is -2.20. The molecular formula is C23H17ClFN5OS. The number of hydrogen-bond donors (Lipinski definition) is 1. The summed E-state index contributed by atoms with van der Waals surface area (Å²) in [5.41, 5.74) is 4.86. The SMILES string of the molecule is O=C(CSc1nnc(-c2ccccc2)n1-c1ccc(Cl)cc1)NN=Cc1ccc(F)cc1. The van der Waals surface area contributed by atoms with Crippen LogP contribution in [-0.4, -0.2) is 32.6 Å². The largest absolute Gasteiger partial charge is 0.272 e. The Labute approximate surface area is 193 Å². The van der Waals surface area contributed by atoms with Crippen molar-refractivity contribution in [2.75, 3.05) is 5.75 Å². The van der Waals surface area contributed by atoms with Gasteiger partial charge in [0, 0.05) is 16.3 Å². The van der Waals surface area contributed by atoms with Gasteiger partial charge in [0.05, 0.1) is 12.0 Å². The molecule has 1 aromatic heterocycles. The maximum Gasteiger partial charge on any atom is 0.250 e. The second-order valence-electron chi connectivity index (χ2n) is 6.62. The van der Waals surface area contributed by atoms with Crippen molar-refractivity contribution in [3.8, 4) is 17.1 Å². The summed E-state index contributed by atoms with van der Waals surface area (Å²) in [5, 5.41) is 13.7. The van der Waals surface area contributed by atoms with Gasteiger partial charge in [-0.3, -0.25) is 9.36 Å². The Morgan fingerprint density at radius 1 is 1.03 bits per heavy atom. The van der Waals surface area contributed by atoms with Crippen LogP contribution in [0.15, 0.2) is 89.1 Å². The monoisotopic (exact) mass is 465 g/mol. The quantitative estimate of drug-likeness (QED) is 0.237. The topological polar surface area (TPSA) is 72.2 Å². The molecule has 32 heavy (non-hydrogen) atoms. The Balaban J connectivity index is 1.49. The van der Waals surface area contributed by atoms with Crippen LogP contribution < -0.4 is 5.43 Å². The zero-order valence-electron chi connectivity index (χ0n) is 16.7. The molecule has 0 radical (unpaired) electrons. The molecule has 1 amide bonds. The van der Waals surface area contributed by atoms with E-state index < -0.39 is 0 Å². The van der Waals surface area contributed by atoms with Gasteiger partial charge in [-0.05, 0) is 42.0 Å². The summed E-state index contributed by atoms with van der Waals surface area (Å²) in [6, 6.07) is 22.8. The van der Waals surface area contributed by atoms with E-state index in [9.17, 15) is 9.18 Å². The number of hydrogen-bond acceptors (Lipinski definition) is 5. The number of carbonyl (C=O) groups excluding carboxylic acids is 1. The number of halogens is 2. The van der Waals surface area contributed by atoms with Crippen LogP contribution in [0.4, 0.5) is 4.39 Å². The van der Waals surface area contributed by atoms with Gasteiger partial charge in [0.15, 0.2) is 11.0 Å². The normalized spacial score (nSPS) is 11.1. The third-order valence-electron chi connectivity index (χ3n) is 4.36. The fourth-order valence-electron chi connectivity index (χ4n) is 2.85. The molecule has 0 bridgehead atoms. The standard InChI is InChI=1S/C23H17ClFN5OS/c24-18-8-12-20(13-9-18)30-22(17-4-2-1-3-5-17)28-29-23(30)32-15-21(31)27-26-14-16-6-10-19(25)11-7-16/h1-14H,15H2,(H,27,31). The van der Waals surface area contributed by atoms with Crippen molar-refractivity contribution < 1.29 is 9.18 Å². The number of aromatic nitrogens is 3. The van der Waals surface area contributed by atoms with Crippen molar-refractivity contribution in [1.29, 1.82) is 0 Å². The summed E-state index contributed by atoms with van der Waals surface area (Å²) < 4.78 is 14.8. The molecule has 0 aliphatic rings. The van der Waals surface area contributed by atoms with E-state index in [0.29, 0.717) is 21.6 Å². The van der Waals surface area contributed by atoms with Crippen molar-refractivity contribution in [3.05, 3.63) is 95.3 Å². The van der Waals surface area contributed by atoms with E-state index in [2.05, 4.69) is 20.7 Å². The number of carbonyl (C=O) groups is 1. The molecular weight excluding hydrogens is 449 g/mol. The molecule has 0 spiro atoms. The lowest BCUT2D eigenvalue weighted by molar-refractivity contribution is -0.118. The van der Waals surface area contributed by atoms with Gasteiger partial charge in [0.2, 0.25) is 0 Å². The third-order valence-corrected chi connectivity index (χ3v) is 5.54. The molecule has 6 nitrogen and oxygen atoms in total. The van der Waals surface area contributed by atoms with Crippen molar-refractivity contribution in [3.63, 3.8) is 0 Å². The van der Waals surface area contributed by atoms with Crippen LogP contribution in [0.1, 0.15) is 5.56 Å². The average molecular weight is 466 g/mol. The molecule has 0 aliphatic carbocycles. The zero-order chi connectivity index (χ0) is 22.3. The van der Waals surface area contributed by atoms with E-state index in [0.717, 1.165) is 11.3 Å². The van der Waals surface area contributed by atoms with Gasteiger partial charge in [0.25, 0.3) is 5.91 Å². The lowest BCUT2D eigenvalue weighted by Gasteiger charge is -2.10. The molecule has 9 heteroatoms. The van der Waals surface area contributed by atoms with E-state index in [1.807, 2.05) is 47.0 Å². The maximum atomic E-state index is 12.9. The number of nitrogens with one attached hydrogen (secondary N) is 1. The van der Waals surface area contributed by atoms with Crippen molar-refractivity contribution in [2.45, 2.75) is 5.16 Å². The Kier molecular flexibility index (Phi) is 6.94. The van der Waals surface area contributed by atoms with Crippen molar-refractivity contribution in [2.24, 2.45) is 5.10 Å². The van der Waals surface area contributed by atoms with Crippen molar-refractivity contribution >= 4 is 35.5 Å². The van der Waals surface area contributed by atoms with Crippen LogP contribution in [0, 0.1) is 5.82 Å². The van der Waals surface area contributed by atoms with Crippen molar-refractivity contribution in [1.82, 2.24) is 20.2 Å². The highest BCUT2D eigenvalue weighted by atomic mass is 35.5. The summed E-state index contributed by atoms with van der Waals surface area (Å²) in [4.78, 5) is 12.2. The molecule has 0 unspecified atom stereocenters. The molecule has 4 aromatic rings. The first-order valence-electron chi connectivity index (χ1n) is 9.57. The molecule has 1 heterocycles. The van der Waals surface area contributed by atoms with E-state index in [1.165, 1.54) is 30.1 Å². The lowest BCUT2D eigenvalue weighted by atomic mass is 10.2. The Bertz CT molecular complexity index is 1230. The summed E-state index contributed by atoms with van der Waals surface area (Å²) in [7, 11) is 0. The number of thioether (sulfide) groups is 1. The number of nitrogens with zero attached hydrogens (tertiary/aromatic N) is 4. The minimum absolute atomic E-state index is 0.0846. The predicted octanol–water partition coefficient (Wildman–Crippen LogP) is 4.97. The van der Waals surface area contributed by atoms with E-state index in [-0.39, 0.29) is 17.5 Å². The van der Waals surface area contributed by atoms with Crippen LogP contribution in [0.3, 0.4) is 0 Å². The van der Waals surface area contributed by atoms with Gasteiger partial charge < -0.3 is 0 Å². The Morgan fingerprint density at radius 3 is 2.47 bits per heavy atom. The van der Waals surface area contributed by atoms with Crippen LogP contribution >= 0.6 is 23.4 Å². The maximum absolute atomic E-state index is 12.9. The second-order valence-corrected chi connectivity index (χ2v) is 8.00. The first-order chi connectivity index (χ1) is 15.6. The second kappa shape index (κ2) is 10.2. The number of amides is 1. The molecule has 160 valence electrons. The summed E-state index contributed by atoms with van der Waals surface area (Å²) in [6.07, 6.45) is 1.45. The highest BCUT2D eigenvalue weighted by Gasteiger charge is 2.17. The van der Waals surface area contributed by atoms with Crippen LogP contribution in [0.5, 0.6) is 0 Å². The third kappa shape index (κ3) is 5.40. The van der Waals surface area contributed by atoms with Gasteiger partial charge in [-0.25, -0.2) is 9.82 Å². The molecule has 0 saturated heterocycles. The minimum Gasteiger partial charge on any atom is -0.272 e. The number of benzene rings is 3. The van der Waals surface area contributed by atoms with Gasteiger partial charge >= 0.3 is 0 Å². The number of hydrazone groups is 1. The first kappa shape index (κ1) is 21.7. The summed E-state index contributed by atoms with van der Waals surface area (Å²) in [5.74, 6) is 0.106. The smallest absolute Gasteiger partial charge is 0.250 e. The molecule has 0 atom stereocenters. The van der Waals surface area contributed by atoms with E-state index in [1.54, 1.807) is 24.3 Å². The molecule has 0 aliphatic heterocycles. The fraction of sp³-hybridized carbons (Fsp3) is 0.0435. The fourth-order valence-corrected chi connectivity index (χ4v) is 3.72. The van der Waals surface area contributed by atoms with Crippen LogP contribution in [-0.2, 0) is 4.79 Å². The van der Waals surface area contributed by atoms with Gasteiger partial charge in [-0.15, -0.1) is 10.2 Å². The van der Waals surface area contributed by atoms with Gasteiger partial charge in [-0.2, -0.15) is 5.10 Å². The summed E-state index contributed by atoms with van der Waals surface area (Å²) in [6.45, 7) is 0. The zero-order valence-corrected chi connectivity index (χ0v) is 18.2. The van der Waals surface area contributed by atoms with E-state index in [4.69, 9.17) is 11.6 Å². The average Bonchev–Trinajstić information content (AvgIpc) is 3.24. The molecule has 0 saturated carbocycles. The predicted molar refractivity (Wildman–Crippen MR) is 125 cm³/mol. The van der Waals surface area contributed by atoms with E-state index >= 15 is 0 Å². The highest BCUT2D eigenvalue weighted by molar-refractivity contribution is 7.99. The summed E-state index contributed by atoms with van der Waals surface area (Å²) >= 11 is 7.28. The highest BCUT2D eigenvalue weighted by Crippen LogP contribution is 2.28. The van der Waals surface area contributed by atoms with Crippen LogP contribution in [0.2, 0.25) is 5.02 Å². The van der Waals surface area contributed by atoms with Crippen LogP contribution in [0.25, 0.3) is 17.1 Å². The molecule has 4 rings (SSSR count). The van der Waals surface area contributed by atoms with Gasteiger partial charge in [0.1, 0.15) is 5.82 Å². The first-order valence-corrected chi connectivity index (χ1v) is 10.9. The minimum atomic E-state index is -0.331. The van der Waals surface area contributed by atoms with Gasteiger partial charge in [-0.1, -0.05) is 65.8 Å². The molecule has 1 N–H and O–H groups in total. The molecule has 0 fully saturated rings.